The van der Waals surface area contributed by atoms with Crippen LogP contribution in [0.5, 0.6) is 0 Å². The van der Waals surface area contributed by atoms with Crippen molar-refractivity contribution in [2.75, 3.05) is 31.1 Å². The number of nitrogens with zero attached hydrogens (tertiary/aromatic N) is 3. The van der Waals surface area contributed by atoms with E-state index >= 15 is 0 Å². The van der Waals surface area contributed by atoms with E-state index in [1.54, 1.807) is 18.3 Å². The van der Waals surface area contributed by atoms with Gasteiger partial charge in [0.15, 0.2) is 0 Å². The minimum Gasteiger partial charge on any atom is -0.478 e. The van der Waals surface area contributed by atoms with Crippen LogP contribution >= 0.6 is 0 Å². The van der Waals surface area contributed by atoms with Crippen molar-refractivity contribution >= 4 is 11.8 Å². The van der Waals surface area contributed by atoms with Gasteiger partial charge in [-0.05, 0) is 44.5 Å². The summed E-state index contributed by atoms with van der Waals surface area (Å²) < 4.78 is 0. The molecular formula is C15H21N3O2. The van der Waals surface area contributed by atoms with Gasteiger partial charge < -0.3 is 10.0 Å². The molecule has 5 nitrogen and oxygen atoms in total. The molecule has 1 N–H and O–H groups in total. The van der Waals surface area contributed by atoms with E-state index in [1.807, 2.05) is 0 Å². The maximum atomic E-state index is 11.3. The molecule has 20 heavy (non-hydrogen) atoms. The molecule has 1 atom stereocenters. The second-order valence-corrected chi connectivity index (χ2v) is 5.66. The monoisotopic (exact) mass is 275 g/mol. The Labute approximate surface area is 119 Å². The van der Waals surface area contributed by atoms with Gasteiger partial charge in [0.25, 0.3) is 0 Å². The minimum atomic E-state index is -0.894. The smallest absolute Gasteiger partial charge is 0.339 e. The molecule has 2 saturated heterocycles. The van der Waals surface area contributed by atoms with Gasteiger partial charge in [-0.15, -0.1) is 0 Å². The lowest BCUT2D eigenvalue weighted by Gasteiger charge is -2.32. The maximum Gasteiger partial charge on any atom is 0.339 e. The van der Waals surface area contributed by atoms with E-state index in [0.717, 1.165) is 19.5 Å². The Morgan fingerprint density at radius 1 is 1.25 bits per heavy atom. The fourth-order valence-corrected chi connectivity index (χ4v) is 3.33. The zero-order chi connectivity index (χ0) is 13.9. The van der Waals surface area contributed by atoms with Crippen LogP contribution in [0.1, 0.15) is 36.0 Å². The van der Waals surface area contributed by atoms with E-state index in [0.29, 0.717) is 17.4 Å². The van der Waals surface area contributed by atoms with Crippen molar-refractivity contribution in [3.05, 3.63) is 23.9 Å². The normalized spacial score (nSPS) is 24.0. The number of hydrogen-bond acceptors (Lipinski definition) is 4. The lowest BCUT2D eigenvalue weighted by molar-refractivity contribution is 0.0697. The van der Waals surface area contributed by atoms with Crippen LogP contribution in [0.15, 0.2) is 18.3 Å². The van der Waals surface area contributed by atoms with Crippen LogP contribution < -0.4 is 4.90 Å². The van der Waals surface area contributed by atoms with Gasteiger partial charge in [0.2, 0.25) is 0 Å². The molecule has 1 aromatic rings. The Bertz CT molecular complexity index is 486. The van der Waals surface area contributed by atoms with Crippen molar-refractivity contribution in [1.29, 1.82) is 0 Å². The van der Waals surface area contributed by atoms with E-state index < -0.39 is 5.97 Å². The molecule has 0 amide bonds. The van der Waals surface area contributed by atoms with E-state index in [1.165, 1.54) is 32.4 Å². The molecule has 0 bridgehead atoms. The molecule has 2 aliphatic heterocycles. The lowest BCUT2D eigenvalue weighted by atomic mass is 10.1. The summed E-state index contributed by atoms with van der Waals surface area (Å²) in [5.41, 5.74) is 0.312. The summed E-state index contributed by atoms with van der Waals surface area (Å²) in [5, 5.41) is 9.26. The number of carboxylic acids is 1. The van der Waals surface area contributed by atoms with Crippen LogP contribution in [0.4, 0.5) is 5.82 Å². The summed E-state index contributed by atoms with van der Waals surface area (Å²) in [4.78, 5) is 20.3. The van der Waals surface area contributed by atoms with Crippen molar-refractivity contribution in [3.8, 4) is 0 Å². The molecule has 0 radical (unpaired) electrons. The Morgan fingerprint density at radius 3 is 2.80 bits per heavy atom. The molecule has 0 aromatic carbocycles. The topological polar surface area (TPSA) is 56.7 Å². The van der Waals surface area contributed by atoms with Crippen molar-refractivity contribution < 1.29 is 9.90 Å². The number of aromatic carboxylic acids is 1. The summed E-state index contributed by atoms with van der Waals surface area (Å²) in [7, 11) is 0. The summed E-state index contributed by atoms with van der Waals surface area (Å²) in [5.74, 6) is -0.269. The van der Waals surface area contributed by atoms with E-state index in [-0.39, 0.29) is 0 Å². The fraction of sp³-hybridized carbons (Fsp3) is 0.600. The molecule has 1 unspecified atom stereocenters. The summed E-state index contributed by atoms with van der Waals surface area (Å²) in [6.45, 7) is 4.18. The van der Waals surface area contributed by atoms with Gasteiger partial charge >= 0.3 is 5.97 Å². The zero-order valence-electron chi connectivity index (χ0n) is 11.7. The molecule has 5 heteroatoms. The molecule has 0 aliphatic carbocycles. The molecule has 108 valence electrons. The zero-order valence-corrected chi connectivity index (χ0v) is 11.7. The van der Waals surface area contributed by atoms with Crippen molar-refractivity contribution in [2.45, 2.75) is 31.7 Å². The van der Waals surface area contributed by atoms with Gasteiger partial charge in [-0.3, -0.25) is 4.90 Å². The Hall–Kier alpha value is -1.62. The highest BCUT2D eigenvalue weighted by Crippen LogP contribution is 2.26. The van der Waals surface area contributed by atoms with Gasteiger partial charge in [-0.2, -0.15) is 0 Å². The largest absolute Gasteiger partial charge is 0.478 e. The SMILES string of the molecule is O=C(O)c1cccnc1N1CCC(N2CCCCC2)C1. The molecular weight excluding hydrogens is 254 g/mol. The maximum absolute atomic E-state index is 11.3. The highest BCUT2D eigenvalue weighted by atomic mass is 16.4. The first-order valence-electron chi connectivity index (χ1n) is 7.43. The third-order valence-corrected chi connectivity index (χ3v) is 4.39. The summed E-state index contributed by atoms with van der Waals surface area (Å²) >= 11 is 0. The van der Waals surface area contributed by atoms with E-state index in [9.17, 15) is 9.90 Å². The van der Waals surface area contributed by atoms with E-state index in [2.05, 4.69) is 14.8 Å². The predicted molar refractivity (Wildman–Crippen MR) is 77.2 cm³/mol. The van der Waals surface area contributed by atoms with Crippen LogP contribution in [-0.4, -0.2) is 53.2 Å². The third-order valence-electron chi connectivity index (χ3n) is 4.39. The van der Waals surface area contributed by atoms with Crippen molar-refractivity contribution in [1.82, 2.24) is 9.88 Å². The molecule has 0 spiro atoms. The number of rotatable bonds is 3. The standard InChI is InChI=1S/C15H21N3O2/c19-15(20)13-5-4-7-16-14(13)18-10-6-12(11-18)17-8-2-1-3-9-17/h4-5,7,12H,1-3,6,8-11H2,(H,19,20). The number of carbonyl (C=O) groups is 1. The molecule has 2 aliphatic rings. The van der Waals surface area contributed by atoms with Gasteiger partial charge in [0.05, 0.1) is 0 Å². The van der Waals surface area contributed by atoms with Gasteiger partial charge in [-0.1, -0.05) is 6.42 Å². The summed E-state index contributed by atoms with van der Waals surface area (Å²) in [6.07, 6.45) is 6.71. The van der Waals surface area contributed by atoms with Gasteiger partial charge in [-0.25, -0.2) is 9.78 Å². The van der Waals surface area contributed by atoms with Crippen LogP contribution in [-0.2, 0) is 0 Å². The first-order valence-corrected chi connectivity index (χ1v) is 7.43. The average molecular weight is 275 g/mol. The van der Waals surface area contributed by atoms with Crippen molar-refractivity contribution in [2.24, 2.45) is 0 Å². The number of pyridine rings is 1. The van der Waals surface area contributed by atoms with Crippen LogP contribution in [0.3, 0.4) is 0 Å². The fourth-order valence-electron chi connectivity index (χ4n) is 3.33. The quantitative estimate of drug-likeness (QED) is 0.912. The number of piperidine rings is 1. The Kier molecular flexibility index (Phi) is 3.87. The Balaban J connectivity index is 1.72. The van der Waals surface area contributed by atoms with Gasteiger partial charge in [0, 0.05) is 25.3 Å². The number of aromatic nitrogens is 1. The van der Waals surface area contributed by atoms with Crippen LogP contribution in [0, 0.1) is 0 Å². The Morgan fingerprint density at radius 2 is 2.05 bits per heavy atom. The van der Waals surface area contributed by atoms with Crippen LogP contribution in [0.2, 0.25) is 0 Å². The number of carboxylic acid groups (broad SMARTS) is 1. The average Bonchev–Trinajstić information content (AvgIpc) is 2.98. The lowest BCUT2D eigenvalue weighted by Crippen LogP contribution is -2.41. The number of hydrogen-bond donors (Lipinski definition) is 1. The van der Waals surface area contributed by atoms with E-state index in [4.69, 9.17) is 0 Å². The molecule has 3 rings (SSSR count). The van der Waals surface area contributed by atoms with Crippen molar-refractivity contribution in [3.63, 3.8) is 0 Å². The second kappa shape index (κ2) is 5.79. The van der Waals surface area contributed by atoms with Crippen LogP contribution in [0.25, 0.3) is 0 Å². The first-order chi connectivity index (χ1) is 9.75. The second-order valence-electron chi connectivity index (χ2n) is 5.66. The summed E-state index contributed by atoms with van der Waals surface area (Å²) in [6, 6.07) is 3.88. The van der Waals surface area contributed by atoms with Gasteiger partial charge in [0.1, 0.15) is 11.4 Å². The highest BCUT2D eigenvalue weighted by molar-refractivity contribution is 5.93. The first kappa shape index (κ1) is 13.4. The number of anilines is 1. The number of likely N-dealkylation sites (tertiary alicyclic amines) is 1. The molecule has 0 saturated carbocycles. The molecule has 2 fully saturated rings. The molecule has 3 heterocycles. The minimum absolute atomic E-state index is 0.312. The highest BCUT2D eigenvalue weighted by Gasteiger charge is 2.30. The molecule has 1 aromatic heterocycles. The predicted octanol–water partition coefficient (Wildman–Crippen LogP) is 1.84. The third kappa shape index (κ3) is 2.63.